The van der Waals surface area contributed by atoms with Crippen molar-refractivity contribution < 1.29 is 4.79 Å². The summed E-state index contributed by atoms with van der Waals surface area (Å²) in [7, 11) is 0. The lowest BCUT2D eigenvalue weighted by Gasteiger charge is -1.99. The number of nitrogens with one attached hydrogen (secondary N) is 1. The second kappa shape index (κ2) is 5.69. The van der Waals surface area contributed by atoms with Crippen LogP contribution in [0.4, 0.5) is 5.00 Å². The summed E-state index contributed by atoms with van der Waals surface area (Å²) in [4.78, 5) is 12.9. The predicted octanol–water partition coefficient (Wildman–Crippen LogP) is 2.67. The van der Waals surface area contributed by atoms with Crippen molar-refractivity contribution in [3.8, 4) is 0 Å². The lowest BCUT2D eigenvalue weighted by molar-refractivity contribution is 0.0957. The number of amides is 1. The number of anilines is 1. The van der Waals surface area contributed by atoms with E-state index in [1.54, 1.807) is 0 Å². The molecular weight excluding hydrogens is 244 g/mol. The minimum atomic E-state index is -0.0921. The zero-order chi connectivity index (χ0) is 13.0. The number of benzene rings is 1. The Hall–Kier alpha value is -1.81. The largest absolute Gasteiger partial charge is 0.390 e. The first-order chi connectivity index (χ1) is 8.70. The van der Waals surface area contributed by atoms with E-state index in [0.29, 0.717) is 17.1 Å². The molecule has 3 N–H and O–H groups in total. The molecule has 0 aliphatic heterocycles. The van der Waals surface area contributed by atoms with Crippen LogP contribution in [0.5, 0.6) is 0 Å². The number of hydrogen-bond donors (Lipinski definition) is 2. The maximum Gasteiger partial charge on any atom is 0.254 e. The third-order valence-corrected chi connectivity index (χ3v) is 3.58. The van der Waals surface area contributed by atoms with Crippen LogP contribution in [0.3, 0.4) is 0 Å². The summed E-state index contributed by atoms with van der Waals surface area (Å²) in [5.74, 6) is -0.0921. The highest BCUT2D eigenvalue weighted by Crippen LogP contribution is 2.26. The molecule has 0 fully saturated rings. The van der Waals surface area contributed by atoms with Crippen LogP contribution in [0.2, 0.25) is 0 Å². The minimum absolute atomic E-state index is 0.0921. The monoisotopic (exact) mass is 260 g/mol. The molecule has 1 aromatic heterocycles. The van der Waals surface area contributed by atoms with Gasteiger partial charge in [-0.05, 0) is 18.6 Å². The fourth-order valence-electron chi connectivity index (χ4n) is 1.78. The summed E-state index contributed by atoms with van der Waals surface area (Å²) in [6.07, 6.45) is 0.815. The summed E-state index contributed by atoms with van der Waals surface area (Å²) < 4.78 is 0. The first kappa shape index (κ1) is 12.6. The quantitative estimate of drug-likeness (QED) is 0.888. The van der Waals surface area contributed by atoms with E-state index in [4.69, 9.17) is 5.73 Å². The number of carbonyl (C=O) groups is 1. The molecule has 0 spiro atoms. The zero-order valence-corrected chi connectivity index (χ0v) is 11.1. The Labute approximate surface area is 111 Å². The number of carbonyl (C=O) groups excluding carboxylic acids is 1. The van der Waals surface area contributed by atoms with Gasteiger partial charge >= 0.3 is 0 Å². The molecule has 0 radical (unpaired) electrons. The van der Waals surface area contributed by atoms with Crippen molar-refractivity contribution in [2.75, 3.05) is 12.3 Å². The highest BCUT2D eigenvalue weighted by molar-refractivity contribution is 7.16. The average Bonchev–Trinajstić information content (AvgIpc) is 2.72. The maximum absolute atomic E-state index is 11.7. The Kier molecular flexibility index (Phi) is 3.99. The van der Waals surface area contributed by atoms with E-state index < -0.39 is 0 Å². The summed E-state index contributed by atoms with van der Waals surface area (Å²) >= 11 is 1.48. The first-order valence-electron chi connectivity index (χ1n) is 5.91. The highest BCUT2D eigenvalue weighted by Gasteiger charge is 2.13. The van der Waals surface area contributed by atoms with E-state index in [0.717, 1.165) is 11.3 Å². The second-order valence-electron chi connectivity index (χ2n) is 4.01. The fourth-order valence-corrected chi connectivity index (χ4v) is 2.73. The van der Waals surface area contributed by atoms with Crippen LogP contribution < -0.4 is 11.1 Å². The molecule has 0 saturated carbocycles. The van der Waals surface area contributed by atoms with Gasteiger partial charge in [-0.1, -0.05) is 30.3 Å². The molecule has 0 aliphatic carbocycles. The van der Waals surface area contributed by atoms with Crippen molar-refractivity contribution in [2.45, 2.75) is 13.3 Å². The molecule has 2 aromatic rings. The van der Waals surface area contributed by atoms with Crippen molar-refractivity contribution in [1.82, 2.24) is 5.32 Å². The van der Waals surface area contributed by atoms with Gasteiger partial charge in [0.05, 0.1) is 10.6 Å². The molecule has 4 heteroatoms. The molecule has 0 atom stereocenters. The summed E-state index contributed by atoms with van der Waals surface area (Å²) in [5.41, 5.74) is 7.70. The molecule has 3 nitrogen and oxygen atoms in total. The van der Waals surface area contributed by atoms with E-state index >= 15 is 0 Å². The molecule has 18 heavy (non-hydrogen) atoms. The Bertz CT molecular complexity index is 534. The zero-order valence-electron chi connectivity index (χ0n) is 10.3. The van der Waals surface area contributed by atoms with Gasteiger partial charge in [-0.25, -0.2) is 0 Å². The third kappa shape index (κ3) is 2.90. The number of thiophene rings is 1. The van der Waals surface area contributed by atoms with E-state index in [1.807, 2.05) is 31.2 Å². The highest BCUT2D eigenvalue weighted by atomic mass is 32.1. The van der Waals surface area contributed by atoms with E-state index in [1.165, 1.54) is 16.9 Å². The van der Waals surface area contributed by atoms with Gasteiger partial charge in [0.25, 0.3) is 5.91 Å². The topological polar surface area (TPSA) is 55.1 Å². The third-order valence-electron chi connectivity index (χ3n) is 2.61. The lowest BCUT2D eigenvalue weighted by Crippen LogP contribution is -2.22. The predicted molar refractivity (Wildman–Crippen MR) is 76.0 cm³/mol. The van der Waals surface area contributed by atoms with Crippen molar-refractivity contribution in [2.24, 2.45) is 0 Å². The van der Waals surface area contributed by atoms with Crippen molar-refractivity contribution in [3.05, 3.63) is 52.4 Å². The van der Waals surface area contributed by atoms with Crippen LogP contribution in [-0.4, -0.2) is 12.5 Å². The van der Waals surface area contributed by atoms with Crippen LogP contribution in [0.15, 0.2) is 36.4 Å². The molecule has 1 amide bonds. The molecule has 94 valence electrons. The lowest BCUT2D eigenvalue weighted by atomic mass is 10.1. The SMILES string of the molecule is CCNC(=O)c1cc(Cc2ccccc2)sc1N. The Morgan fingerprint density at radius 3 is 2.72 bits per heavy atom. The van der Waals surface area contributed by atoms with Crippen LogP contribution in [0.25, 0.3) is 0 Å². The standard InChI is InChI=1S/C14H16N2OS/c1-2-16-14(17)12-9-11(18-13(12)15)8-10-6-4-3-5-7-10/h3-7,9H,2,8,15H2,1H3,(H,16,17). The smallest absolute Gasteiger partial charge is 0.254 e. The average molecular weight is 260 g/mol. The Morgan fingerprint density at radius 2 is 2.06 bits per heavy atom. The second-order valence-corrected chi connectivity index (χ2v) is 5.18. The maximum atomic E-state index is 11.7. The molecule has 1 aromatic carbocycles. The van der Waals surface area contributed by atoms with Crippen LogP contribution >= 0.6 is 11.3 Å². The van der Waals surface area contributed by atoms with Gasteiger partial charge in [-0.2, -0.15) is 0 Å². The van der Waals surface area contributed by atoms with Crippen molar-refractivity contribution >= 4 is 22.2 Å². The van der Waals surface area contributed by atoms with Gasteiger partial charge in [0.2, 0.25) is 0 Å². The van der Waals surface area contributed by atoms with E-state index in [-0.39, 0.29) is 5.91 Å². The fraction of sp³-hybridized carbons (Fsp3) is 0.214. The number of rotatable bonds is 4. The van der Waals surface area contributed by atoms with Gasteiger partial charge in [0, 0.05) is 17.8 Å². The number of nitrogens with two attached hydrogens (primary N) is 1. The molecule has 1 heterocycles. The van der Waals surface area contributed by atoms with Gasteiger partial charge in [0.15, 0.2) is 0 Å². The first-order valence-corrected chi connectivity index (χ1v) is 6.72. The Morgan fingerprint density at radius 1 is 1.33 bits per heavy atom. The van der Waals surface area contributed by atoms with Gasteiger partial charge in [-0.15, -0.1) is 11.3 Å². The normalized spacial score (nSPS) is 10.3. The summed E-state index contributed by atoms with van der Waals surface area (Å²) in [6, 6.07) is 12.0. The molecular formula is C14H16N2OS. The molecule has 2 rings (SSSR count). The number of nitrogen functional groups attached to an aromatic ring is 1. The summed E-state index contributed by atoms with van der Waals surface area (Å²) in [6.45, 7) is 2.51. The van der Waals surface area contributed by atoms with E-state index in [2.05, 4.69) is 17.4 Å². The molecule has 0 bridgehead atoms. The van der Waals surface area contributed by atoms with Gasteiger partial charge in [0.1, 0.15) is 0 Å². The molecule has 0 aliphatic rings. The molecule has 0 unspecified atom stereocenters. The van der Waals surface area contributed by atoms with Gasteiger partial charge < -0.3 is 11.1 Å². The van der Waals surface area contributed by atoms with Gasteiger partial charge in [-0.3, -0.25) is 4.79 Å². The van der Waals surface area contributed by atoms with Crippen molar-refractivity contribution in [1.29, 1.82) is 0 Å². The summed E-state index contributed by atoms with van der Waals surface area (Å²) in [5, 5.41) is 3.36. The Balaban J connectivity index is 2.16. The number of hydrogen-bond acceptors (Lipinski definition) is 3. The van der Waals surface area contributed by atoms with Crippen LogP contribution in [0, 0.1) is 0 Å². The minimum Gasteiger partial charge on any atom is -0.390 e. The van der Waals surface area contributed by atoms with E-state index in [9.17, 15) is 4.79 Å². The van der Waals surface area contributed by atoms with Crippen LogP contribution in [-0.2, 0) is 6.42 Å². The van der Waals surface area contributed by atoms with Crippen molar-refractivity contribution in [3.63, 3.8) is 0 Å². The van der Waals surface area contributed by atoms with Crippen LogP contribution in [0.1, 0.15) is 27.7 Å². The molecule has 0 saturated heterocycles.